The van der Waals surface area contributed by atoms with Crippen molar-refractivity contribution in [2.75, 3.05) is 13.1 Å². The Morgan fingerprint density at radius 2 is 1.89 bits per heavy atom. The molecule has 142 valence electrons. The molecule has 1 N–H and O–H groups in total. The lowest BCUT2D eigenvalue weighted by atomic mass is 9.94. The van der Waals surface area contributed by atoms with E-state index in [1.54, 1.807) is 24.5 Å². The molecule has 0 spiro atoms. The monoisotopic (exact) mass is 366 g/mol. The second-order valence-electron chi connectivity index (χ2n) is 6.98. The molecule has 0 aliphatic carbocycles. The SMILES string of the molecule is CC[C@H](NC(=O)C1CCN(C(=O)c2ccncc2)CC1)c1cccc(C)n1. The van der Waals surface area contributed by atoms with Gasteiger partial charge < -0.3 is 10.2 Å². The second-order valence-corrected chi connectivity index (χ2v) is 6.98. The van der Waals surface area contributed by atoms with Gasteiger partial charge in [-0.1, -0.05) is 13.0 Å². The lowest BCUT2D eigenvalue weighted by molar-refractivity contribution is -0.127. The van der Waals surface area contributed by atoms with Crippen LogP contribution in [0.1, 0.15) is 54.0 Å². The van der Waals surface area contributed by atoms with Gasteiger partial charge in [-0.2, -0.15) is 0 Å². The van der Waals surface area contributed by atoms with Gasteiger partial charge in [0.25, 0.3) is 5.91 Å². The molecule has 3 heterocycles. The molecule has 1 saturated heterocycles. The Morgan fingerprint density at radius 3 is 2.52 bits per heavy atom. The number of hydrogen-bond acceptors (Lipinski definition) is 4. The maximum atomic E-state index is 12.7. The van der Waals surface area contributed by atoms with Crippen LogP contribution >= 0.6 is 0 Å². The van der Waals surface area contributed by atoms with E-state index in [0.717, 1.165) is 17.8 Å². The molecule has 0 bridgehead atoms. The van der Waals surface area contributed by atoms with Crippen LogP contribution in [0.3, 0.4) is 0 Å². The highest BCUT2D eigenvalue weighted by molar-refractivity contribution is 5.94. The average Bonchev–Trinajstić information content (AvgIpc) is 2.72. The summed E-state index contributed by atoms with van der Waals surface area (Å²) in [6.45, 7) is 5.19. The molecular weight excluding hydrogens is 340 g/mol. The van der Waals surface area contributed by atoms with Crippen LogP contribution in [0.2, 0.25) is 0 Å². The number of rotatable bonds is 5. The van der Waals surface area contributed by atoms with E-state index in [1.165, 1.54) is 0 Å². The number of hydrogen-bond donors (Lipinski definition) is 1. The van der Waals surface area contributed by atoms with Gasteiger partial charge in [0.05, 0.1) is 11.7 Å². The Kier molecular flexibility index (Phi) is 6.16. The van der Waals surface area contributed by atoms with E-state index in [-0.39, 0.29) is 23.8 Å². The Morgan fingerprint density at radius 1 is 1.19 bits per heavy atom. The van der Waals surface area contributed by atoms with Gasteiger partial charge in [0, 0.05) is 42.7 Å². The molecule has 1 aliphatic rings. The molecule has 2 aromatic rings. The third-order valence-corrected chi connectivity index (χ3v) is 5.07. The van der Waals surface area contributed by atoms with Gasteiger partial charge in [0.2, 0.25) is 5.91 Å². The zero-order valence-corrected chi connectivity index (χ0v) is 15.9. The predicted molar refractivity (Wildman–Crippen MR) is 103 cm³/mol. The fraction of sp³-hybridized carbons (Fsp3) is 0.429. The van der Waals surface area contributed by atoms with Crippen molar-refractivity contribution in [2.45, 2.75) is 39.2 Å². The minimum absolute atomic E-state index is 0.00616. The Balaban J connectivity index is 1.56. The van der Waals surface area contributed by atoms with E-state index in [2.05, 4.69) is 15.3 Å². The Hall–Kier alpha value is -2.76. The van der Waals surface area contributed by atoms with E-state index in [1.807, 2.05) is 36.9 Å². The molecule has 6 nitrogen and oxygen atoms in total. The second kappa shape index (κ2) is 8.75. The fourth-order valence-electron chi connectivity index (χ4n) is 3.45. The standard InChI is InChI=1S/C21H26N4O2/c1-3-18(19-6-4-5-15(2)23-19)24-20(26)16-9-13-25(14-10-16)21(27)17-7-11-22-12-8-17/h4-8,11-12,16,18H,3,9-10,13-14H2,1-2H3,(H,24,26)/t18-/m0/s1. The summed E-state index contributed by atoms with van der Waals surface area (Å²) in [6, 6.07) is 9.25. The third kappa shape index (κ3) is 4.70. The summed E-state index contributed by atoms with van der Waals surface area (Å²) in [4.78, 5) is 35.5. The molecule has 1 aliphatic heterocycles. The quantitative estimate of drug-likeness (QED) is 0.883. The first-order valence-electron chi connectivity index (χ1n) is 9.51. The van der Waals surface area contributed by atoms with Crippen LogP contribution in [0.4, 0.5) is 0 Å². The first-order chi connectivity index (χ1) is 13.1. The van der Waals surface area contributed by atoms with Crippen molar-refractivity contribution in [2.24, 2.45) is 5.92 Å². The van der Waals surface area contributed by atoms with Gasteiger partial charge in [0.15, 0.2) is 0 Å². The number of carbonyl (C=O) groups excluding carboxylic acids is 2. The van der Waals surface area contributed by atoms with Crippen molar-refractivity contribution in [3.8, 4) is 0 Å². The Labute approximate surface area is 160 Å². The number of nitrogens with one attached hydrogen (secondary N) is 1. The van der Waals surface area contributed by atoms with Crippen LogP contribution in [-0.2, 0) is 4.79 Å². The van der Waals surface area contributed by atoms with Crippen LogP contribution < -0.4 is 5.32 Å². The summed E-state index contributed by atoms with van der Waals surface area (Å²) in [5.74, 6) is -0.00170. The first kappa shape index (κ1) is 19.0. The molecule has 2 aromatic heterocycles. The summed E-state index contributed by atoms with van der Waals surface area (Å²) < 4.78 is 0. The zero-order chi connectivity index (χ0) is 19.2. The van der Waals surface area contributed by atoms with Gasteiger partial charge >= 0.3 is 0 Å². The molecule has 1 atom stereocenters. The third-order valence-electron chi connectivity index (χ3n) is 5.07. The van der Waals surface area contributed by atoms with E-state index in [4.69, 9.17) is 0 Å². The summed E-state index contributed by atoms with van der Waals surface area (Å²) in [6.07, 6.45) is 5.40. The summed E-state index contributed by atoms with van der Waals surface area (Å²) in [7, 11) is 0. The average molecular weight is 366 g/mol. The van der Waals surface area contributed by atoms with E-state index >= 15 is 0 Å². The van der Waals surface area contributed by atoms with Crippen LogP contribution in [0.5, 0.6) is 0 Å². The topological polar surface area (TPSA) is 75.2 Å². The number of aryl methyl sites for hydroxylation is 1. The number of amides is 2. The highest BCUT2D eigenvalue weighted by Crippen LogP contribution is 2.22. The highest BCUT2D eigenvalue weighted by atomic mass is 16.2. The molecule has 1 fully saturated rings. The van der Waals surface area contributed by atoms with E-state index in [0.29, 0.717) is 31.5 Å². The van der Waals surface area contributed by atoms with E-state index < -0.39 is 0 Å². The molecule has 3 rings (SSSR count). The fourth-order valence-corrected chi connectivity index (χ4v) is 3.45. The minimum atomic E-state index is -0.0751. The number of likely N-dealkylation sites (tertiary alicyclic amines) is 1. The van der Waals surface area contributed by atoms with Crippen LogP contribution in [0.25, 0.3) is 0 Å². The number of carbonyl (C=O) groups is 2. The lowest BCUT2D eigenvalue weighted by Gasteiger charge is -2.32. The molecule has 6 heteroatoms. The van der Waals surface area contributed by atoms with E-state index in [9.17, 15) is 9.59 Å². The van der Waals surface area contributed by atoms with Crippen LogP contribution in [0, 0.1) is 12.8 Å². The number of piperidine rings is 1. The van der Waals surface area contributed by atoms with Gasteiger partial charge in [0.1, 0.15) is 0 Å². The van der Waals surface area contributed by atoms with Crippen molar-refractivity contribution < 1.29 is 9.59 Å². The van der Waals surface area contributed by atoms with Crippen molar-refractivity contribution in [1.82, 2.24) is 20.2 Å². The van der Waals surface area contributed by atoms with Crippen LogP contribution in [0.15, 0.2) is 42.7 Å². The molecule has 2 amide bonds. The Bertz CT molecular complexity index is 786. The number of aromatic nitrogens is 2. The van der Waals surface area contributed by atoms with Crippen molar-refractivity contribution in [3.05, 3.63) is 59.7 Å². The largest absolute Gasteiger partial charge is 0.347 e. The summed E-state index contributed by atoms with van der Waals surface area (Å²) >= 11 is 0. The zero-order valence-electron chi connectivity index (χ0n) is 15.9. The molecule has 27 heavy (non-hydrogen) atoms. The van der Waals surface area contributed by atoms with Crippen LogP contribution in [-0.4, -0.2) is 39.8 Å². The predicted octanol–water partition coefficient (Wildman–Crippen LogP) is 2.90. The maximum Gasteiger partial charge on any atom is 0.253 e. The van der Waals surface area contributed by atoms with Crippen molar-refractivity contribution in [1.29, 1.82) is 0 Å². The summed E-state index contributed by atoms with van der Waals surface area (Å²) in [5.41, 5.74) is 2.49. The minimum Gasteiger partial charge on any atom is -0.347 e. The first-order valence-corrected chi connectivity index (χ1v) is 9.51. The van der Waals surface area contributed by atoms with Gasteiger partial charge in [-0.25, -0.2) is 0 Å². The smallest absolute Gasteiger partial charge is 0.253 e. The summed E-state index contributed by atoms with van der Waals surface area (Å²) in [5, 5.41) is 3.14. The van der Waals surface area contributed by atoms with Gasteiger partial charge in [-0.05, 0) is 50.5 Å². The molecule has 0 aromatic carbocycles. The molecule has 0 saturated carbocycles. The maximum absolute atomic E-state index is 12.7. The number of pyridine rings is 2. The number of nitrogens with zero attached hydrogens (tertiary/aromatic N) is 3. The van der Waals surface area contributed by atoms with Gasteiger partial charge in [-0.3, -0.25) is 19.6 Å². The molecule has 0 radical (unpaired) electrons. The highest BCUT2D eigenvalue weighted by Gasteiger charge is 2.29. The van der Waals surface area contributed by atoms with Crippen molar-refractivity contribution in [3.63, 3.8) is 0 Å². The molecule has 0 unspecified atom stereocenters. The van der Waals surface area contributed by atoms with Crippen molar-refractivity contribution >= 4 is 11.8 Å². The van der Waals surface area contributed by atoms with Gasteiger partial charge in [-0.15, -0.1) is 0 Å². The molecular formula is C21H26N4O2. The lowest BCUT2D eigenvalue weighted by Crippen LogP contribution is -2.43. The normalized spacial score (nSPS) is 16.0.